The average Bonchev–Trinajstić information content (AvgIpc) is 2.15. The third-order valence-corrected chi connectivity index (χ3v) is 2.42. The molecular weight excluding hydrogens is 279 g/mol. The molecular formula is C10H11IO2. The molecule has 0 saturated heterocycles. The van der Waals surface area contributed by atoms with Gasteiger partial charge < -0.3 is 4.74 Å². The monoisotopic (exact) mass is 290 g/mol. The van der Waals surface area contributed by atoms with Crippen molar-refractivity contribution in [3.05, 3.63) is 27.3 Å². The van der Waals surface area contributed by atoms with Gasteiger partial charge >= 0.3 is 0 Å². The number of carbonyl (C=O) groups excluding carboxylic acids is 1. The highest BCUT2D eigenvalue weighted by Crippen LogP contribution is 2.24. The maximum absolute atomic E-state index is 10.7. The van der Waals surface area contributed by atoms with Crippen LogP contribution in [0.5, 0.6) is 5.75 Å². The molecule has 13 heavy (non-hydrogen) atoms. The SMILES string of the molecule is CCCOc1c(I)cccc1C=O. The largest absolute Gasteiger partial charge is 0.492 e. The molecule has 0 atom stereocenters. The Labute approximate surface area is 91.4 Å². The average molecular weight is 290 g/mol. The summed E-state index contributed by atoms with van der Waals surface area (Å²) in [6, 6.07) is 5.54. The van der Waals surface area contributed by atoms with Crippen LogP contribution in [0.3, 0.4) is 0 Å². The van der Waals surface area contributed by atoms with Crippen LogP contribution in [0.15, 0.2) is 18.2 Å². The standard InChI is InChI=1S/C10H11IO2/c1-2-6-13-10-8(7-12)4-3-5-9(10)11/h3-5,7H,2,6H2,1H3. The minimum atomic E-state index is 0.625. The molecule has 2 nitrogen and oxygen atoms in total. The van der Waals surface area contributed by atoms with Crippen molar-refractivity contribution in [3.8, 4) is 5.75 Å². The molecule has 70 valence electrons. The van der Waals surface area contributed by atoms with E-state index < -0.39 is 0 Å². The van der Waals surface area contributed by atoms with Crippen molar-refractivity contribution in [2.75, 3.05) is 6.61 Å². The second kappa shape index (κ2) is 5.21. The number of para-hydroxylation sites is 1. The predicted octanol–water partition coefficient (Wildman–Crippen LogP) is 2.89. The van der Waals surface area contributed by atoms with E-state index in [0.717, 1.165) is 16.3 Å². The van der Waals surface area contributed by atoms with Crippen LogP contribution < -0.4 is 4.74 Å². The van der Waals surface area contributed by atoms with Crippen molar-refractivity contribution in [2.45, 2.75) is 13.3 Å². The number of hydrogen-bond acceptors (Lipinski definition) is 2. The van der Waals surface area contributed by atoms with Crippen LogP contribution in [-0.4, -0.2) is 12.9 Å². The summed E-state index contributed by atoms with van der Waals surface area (Å²) in [4.78, 5) is 10.7. The molecule has 0 spiro atoms. The zero-order valence-corrected chi connectivity index (χ0v) is 9.58. The molecule has 0 fully saturated rings. The first-order valence-electron chi connectivity index (χ1n) is 4.16. The van der Waals surface area contributed by atoms with Gasteiger partial charge in [0, 0.05) is 0 Å². The molecule has 0 aliphatic heterocycles. The fourth-order valence-electron chi connectivity index (χ4n) is 0.975. The fourth-order valence-corrected chi connectivity index (χ4v) is 1.65. The van der Waals surface area contributed by atoms with Crippen molar-refractivity contribution in [2.24, 2.45) is 0 Å². The molecule has 1 aromatic carbocycles. The van der Waals surface area contributed by atoms with Crippen LogP contribution >= 0.6 is 22.6 Å². The molecule has 0 aliphatic carbocycles. The molecule has 1 aromatic rings. The van der Waals surface area contributed by atoms with E-state index in [9.17, 15) is 4.79 Å². The molecule has 0 aromatic heterocycles. The normalized spacial score (nSPS) is 9.69. The van der Waals surface area contributed by atoms with Crippen LogP contribution in [0, 0.1) is 3.57 Å². The Bertz CT molecular complexity index is 297. The molecule has 0 bridgehead atoms. The molecule has 0 radical (unpaired) electrons. The van der Waals surface area contributed by atoms with Crippen molar-refractivity contribution in [1.82, 2.24) is 0 Å². The Hall–Kier alpha value is -0.580. The van der Waals surface area contributed by atoms with Crippen LogP contribution in [0.2, 0.25) is 0 Å². The Morgan fingerprint density at radius 1 is 1.54 bits per heavy atom. The number of hydrogen-bond donors (Lipinski definition) is 0. The van der Waals surface area contributed by atoms with E-state index in [1.54, 1.807) is 6.07 Å². The van der Waals surface area contributed by atoms with Gasteiger partial charge in [-0.05, 0) is 41.1 Å². The first kappa shape index (κ1) is 10.5. The molecule has 0 amide bonds. The Balaban J connectivity index is 2.93. The lowest BCUT2D eigenvalue weighted by molar-refractivity contribution is 0.111. The Morgan fingerprint density at radius 2 is 2.31 bits per heavy atom. The quantitative estimate of drug-likeness (QED) is 0.629. The summed E-state index contributed by atoms with van der Waals surface area (Å²) in [5.74, 6) is 0.708. The highest BCUT2D eigenvalue weighted by molar-refractivity contribution is 14.1. The van der Waals surface area contributed by atoms with E-state index >= 15 is 0 Å². The maximum atomic E-state index is 10.7. The summed E-state index contributed by atoms with van der Waals surface area (Å²) in [5.41, 5.74) is 0.625. The number of rotatable bonds is 4. The maximum Gasteiger partial charge on any atom is 0.153 e. The van der Waals surface area contributed by atoms with Crippen LogP contribution in [0.4, 0.5) is 0 Å². The van der Waals surface area contributed by atoms with Crippen molar-refractivity contribution in [3.63, 3.8) is 0 Å². The van der Waals surface area contributed by atoms with E-state index in [2.05, 4.69) is 22.6 Å². The zero-order chi connectivity index (χ0) is 9.68. The van der Waals surface area contributed by atoms with E-state index in [-0.39, 0.29) is 0 Å². The molecule has 3 heteroatoms. The highest BCUT2D eigenvalue weighted by atomic mass is 127. The van der Waals surface area contributed by atoms with Gasteiger partial charge in [0.25, 0.3) is 0 Å². The number of aldehydes is 1. The number of halogens is 1. The summed E-state index contributed by atoms with van der Waals surface area (Å²) < 4.78 is 6.45. The second-order valence-electron chi connectivity index (χ2n) is 2.62. The van der Waals surface area contributed by atoms with Gasteiger partial charge in [0.15, 0.2) is 6.29 Å². The van der Waals surface area contributed by atoms with E-state index in [1.165, 1.54) is 0 Å². The van der Waals surface area contributed by atoms with Crippen LogP contribution in [-0.2, 0) is 0 Å². The fraction of sp³-hybridized carbons (Fsp3) is 0.300. The smallest absolute Gasteiger partial charge is 0.153 e. The molecule has 0 saturated carbocycles. The first-order chi connectivity index (χ1) is 6.29. The summed E-state index contributed by atoms with van der Waals surface area (Å²) >= 11 is 2.17. The lowest BCUT2D eigenvalue weighted by atomic mass is 10.2. The van der Waals surface area contributed by atoms with Gasteiger partial charge in [0.2, 0.25) is 0 Å². The zero-order valence-electron chi connectivity index (χ0n) is 7.42. The molecule has 0 unspecified atom stereocenters. The van der Waals surface area contributed by atoms with Gasteiger partial charge in [0.05, 0.1) is 15.7 Å². The lowest BCUT2D eigenvalue weighted by Crippen LogP contribution is -2.00. The van der Waals surface area contributed by atoms with Gasteiger partial charge in [0.1, 0.15) is 5.75 Å². The third-order valence-electron chi connectivity index (χ3n) is 1.57. The van der Waals surface area contributed by atoms with Gasteiger partial charge in [-0.1, -0.05) is 13.0 Å². The van der Waals surface area contributed by atoms with Crippen molar-refractivity contribution >= 4 is 28.9 Å². The summed E-state index contributed by atoms with van der Waals surface area (Å²) in [6.45, 7) is 2.69. The number of ether oxygens (including phenoxy) is 1. The minimum absolute atomic E-state index is 0.625. The molecule has 0 heterocycles. The van der Waals surface area contributed by atoms with Gasteiger partial charge in [-0.3, -0.25) is 4.79 Å². The van der Waals surface area contributed by atoms with E-state index in [1.807, 2.05) is 19.1 Å². The number of benzene rings is 1. The van der Waals surface area contributed by atoms with Gasteiger partial charge in [-0.25, -0.2) is 0 Å². The molecule has 1 rings (SSSR count). The predicted molar refractivity (Wildman–Crippen MR) is 60.3 cm³/mol. The summed E-state index contributed by atoms with van der Waals surface area (Å²) in [6.07, 6.45) is 1.77. The lowest BCUT2D eigenvalue weighted by Gasteiger charge is -2.08. The van der Waals surface area contributed by atoms with E-state index in [4.69, 9.17) is 4.74 Å². The Morgan fingerprint density at radius 3 is 2.92 bits per heavy atom. The summed E-state index contributed by atoms with van der Waals surface area (Å²) in [7, 11) is 0. The number of carbonyl (C=O) groups is 1. The third kappa shape index (κ3) is 2.69. The topological polar surface area (TPSA) is 26.3 Å². The van der Waals surface area contributed by atoms with Crippen molar-refractivity contribution in [1.29, 1.82) is 0 Å². The Kier molecular flexibility index (Phi) is 4.21. The highest BCUT2D eigenvalue weighted by Gasteiger charge is 2.05. The van der Waals surface area contributed by atoms with Crippen molar-refractivity contribution < 1.29 is 9.53 Å². The van der Waals surface area contributed by atoms with Crippen LogP contribution in [0.1, 0.15) is 23.7 Å². The van der Waals surface area contributed by atoms with Crippen LogP contribution in [0.25, 0.3) is 0 Å². The van der Waals surface area contributed by atoms with Gasteiger partial charge in [-0.15, -0.1) is 0 Å². The molecule has 0 aliphatic rings. The van der Waals surface area contributed by atoms with E-state index in [0.29, 0.717) is 17.9 Å². The molecule has 0 N–H and O–H groups in total. The second-order valence-corrected chi connectivity index (χ2v) is 3.79. The minimum Gasteiger partial charge on any atom is -0.492 e. The van der Waals surface area contributed by atoms with Gasteiger partial charge in [-0.2, -0.15) is 0 Å². The summed E-state index contributed by atoms with van der Waals surface area (Å²) in [5, 5.41) is 0. The first-order valence-corrected chi connectivity index (χ1v) is 5.24.